The molecule has 0 saturated carbocycles. The minimum atomic E-state index is -0.885. The van der Waals surface area contributed by atoms with Gasteiger partial charge < -0.3 is 19.9 Å². The number of nitrogens with one attached hydrogen (secondary N) is 2. The zero-order chi connectivity index (χ0) is 27.9. The van der Waals surface area contributed by atoms with Gasteiger partial charge in [0.1, 0.15) is 5.82 Å². The fourth-order valence-electron chi connectivity index (χ4n) is 5.15. The van der Waals surface area contributed by atoms with Gasteiger partial charge in [-0.05, 0) is 63.6 Å². The second-order valence-corrected chi connectivity index (χ2v) is 11.8. The quantitative estimate of drug-likeness (QED) is 0.397. The van der Waals surface area contributed by atoms with Crippen LogP contribution in [0.3, 0.4) is 0 Å². The molecule has 1 unspecified atom stereocenters. The highest BCUT2D eigenvalue weighted by Gasteiger charge is 2.41. The highest BCUT2D eigenvalue weighted by atomic mass is 32.2. The smallest absolute Gasteiger partial charge is 0.306 e. The molecule has 1 aromatic rings. The van der Waals surface area contributed by atoms with Crippen LogP contribution in [-0.4, -0.2) is 70.8 Å². The Hall–Kier alpha value is -2.62. The predicted octanol–water partition coefficient (Wildman–Crippen LogP) is 4.43. The number of amidine groups is 1. The van der Waals surface area contributed by atoms with Gasteiger partial charge in [-0.1, -0.05) is 31.2 Å². The summed E-state index contributed by atoms with van der Waals surface area (Å²) in [6.45, 7) is 10.1. The van der Waals surface area contributed by atoms with Crippen molar-refractivity contribution in [1.29, 1.82) is 5.41 Å². The Bertz CT molecular complexity index is 1030. The van der Waals surface area contributed by atoms with Gasteiger partial charge in [0.25, 0.3) is 5.91 Å². The number of carbonyl (C=O) groups is 3. The van der Waals surface area contributed by atoms with E-state index < -0.39 is 23.2 Å². The van der Waals surface area contributed by atoms with Crippen LogP contribution < -0.4 is 5.32 Å². The second kappa shape index (κ2) is 13.4. The summed E-state index contributed by atoms with van der Waals surface area (Å²) in [5.41, 5.74) is -0.230. The van der Waals surface area contributed by atoms with Crippen molar-refractivity contribution < 1.29 is 23.5 Å². The molecule has 2 aliphatic heterocycles. The Morgan fingerprint density at radius 2 is 1.92 bits per heavy atom. The van der Waals surface area contributed by atoms with Gasteiger partial charge in [0, 0.05) is 44.4 Å². The van der Waals surface area contributed by atoms with E-state index in [9.17, 15) is 18.8 Å². The summed E-state index contributed by atoms with van der Waals surface area (Å²) in [6, 6.07) is 4.10. The van der Waals surface area contributed by atoms with Crippen LogP contribution in [0.5, 0.6) is 0 Å². The number of amides is 2. The fourth-order valence-corrected chi connectivity index (χ4v) is 5.99. The molecular formula is C28H41FN4O4S. The lowest BCUT2D eigenvalue weighted by Gasteiger charge is -2.40. The lowest BCUT2D eigenvalue weighted by molar-refractivity contribution is -0.145. The molecule has 0 bridgehead atoms. The number of ether oxygens (including phenoxy) is 1. The molecule has 0 aromatic heterocycles. The number of nitrogens with zero attached hydrogens (tertiary/aromatic N) is 2. The first-order valence-electron chi connectivity index (χ1n) is 13.6. The molecule has 8 nitrogen and oxygen atoms in total. The zero-order valence-corrected chi connectivity index (χ0v) is 23.8. The summed E-state index contributed by atoms with van der Waals surface area (Å²) < 4.78 is 20.0. The predicted molar refractivity (Wildman–Crippen MR) is 147 cm³/mol. The lowest BCUT2D eigenvalue weighted by Crippen LogP contribution is -2.55. The van der Waals surface area contributed by atoms with E-state index in [2.05, 4.69) is 5.32 Å². The van der Waals surface area contributed by atoms with Crippen molar-refractivity contribution >= 4 is 34.7 Å². The molecule has 2 fully saturated rings. The van der Waals surface area contributed by atoms with Crippen molar-refractivity contribution in [1.82, 2.24) is 15.1 Å². The monoisotopic (exact) mass is 548 g/mol. The van der Waals surface area contributed by atoms with Crippen molar-refractivity contribution in [3.8, 4) is 0 Å². The minimum Gasteiger partial charge on any atom is -0.466 e. The molecule has 2 heterocycles. The number of halogens is 1. The van der Waals surface area contributed by atoms with Gasteiger partial charge in [-0.15, -0.1) is 0 Å². The maximum atomic E-state index is 15.0. The number of benzene rings is 1. The normalized spacial score (nSPS) is 17.4. The van der Waals surface area contributed by atoms with E-state index >= 15 is 0 Å². The third-order valence-corrected chi connectivity index (χ3v) is 8.42. The van der Waals surface area contributed by atoms with Crippen molar-refractivity contribution in [3.63, 3.8) is 0 Å². The van der Waals surface area contributed by atoms with Gasteiger partial charge in [-0.25, -0.2) is 4.39 Å². The van der Waals surface area contributed by atoms with Gasteiger partial charge in [-0.3, -0.25) is 19.8 Å². The van der Waals surface area contributed by atoms with E-state index in [-0.39, 0.29) is 23.4 Å². The van der Waals surface area contributed by atoms with Crippen molar-refractivity contribution in [2.45, 2.75) is 72.4 Å². The van der Waals surface area contributed by atoms with Crippen LogP contribution in [-0.2, 0) is 20.9 Å². The Labute approximate surface area is 229 Å². The van der Waals surface area contributed by atoms with Gasteiger partial charge in [0.2, 0.25) is 5.91 Å². The maximum Gasteiger partial charge on any atom is 0.306 e. The second-order valence-electron chi connectivity index (χ2n) is 10.7. The average Bonchev–Trinajstić information content (AvgIpc) is 3.27. The van der Waals surface area contributed by atoms with Gasteiger partial charge in [0.15, 0.2) is 5.17 Å². The Morgan fingerprint density at radius 1 is 1.21 bits per heavy atom. The maximum absolute atomic E-state index is 15.0. The zero-order valence-electron chi connectivity index (χ0n) is 23.0. The topological polar surface area (TPSA) is 103 Å². The Morgan fingerprint density at radius 3 is 2.50 bits per heavy atom. The molecule has 10 heteroatoms. The van der Waals surface area contributed by atoms with Crippen LogP contribution in [0.1, 0.15) is 75.7 Å². The highest BCUT2D eigenvalue weighted by Crippen LogP contribution is 2.31. The van der Waals surface area contributed by atoms with E-state index in [0.717, 1.165) is 31.6 Å². The molecular weight excluding hydrogens is 507 g/mol. The van der Waals surface area contributed by atoms with Gasteiger partial charge in [0.05, 0.1) is 17.6 Å². The molecule has 38 heavy (non-hydrogen) atoms. The summed E-state index contributed by atoms with van der Waals surface area (Å²) in [4.78, 5) is 42.2. The largest absolute Gasteiger partial charge is 0.466 e. The first-order chi connectivity index (χ1) is 18.1. The van der Waals surface area contributed by atoms with Crippen LogP contribution >= 0.6 is 11.8 Å². The minimum absolute atomic E-state index is 0.0485. The first kappa shape index (κ1) is 29.9. The van der Waals surface area contributed by atoms with E-state index in [1.807, 2.05) is 30.6 Å². The molecule has 0 aliphatic carbocycles. The third kappa shape index (κ3) is 7.48. The summed E-state index contributed by atoms with van der Waals surface area (Å²) >= 11 is 1.47. The van der Waals surface area contributed by atoms with E-state index in [0.29, 0.717) is 49.8 Å². The standard InChI is InChI=1S/C28H41FN4O4S/c1-5-7-23(28(3,4)26(36)32-12-10-19(11-13-32)17-24(34)37-6-2)31-25(35)21-9-8-20(16-22(21)29)18-33-14-15-38-27(33)30/h8-9,16,19,23,30H,5-7,10-15,17-18H2,1-4H3,(H,31,35). The fraction of sp³-hybridized carbons (Fsp3) is 0.643. The lowest BCUT2D eigenvalue weighted by atomic mass is 9.79. The van der Waals surface area contributed by atoms with Crippen LogP contribution in [0.25, 0.3) is 0 Å². The third-order valence-electron chi connectivity index (χ3n) is 7.51. The first-order valence-corrected chi connectivity index (χ1v) is 14.6. The van der Waals surface area contributed by atoms with E-state index in [1.54, 1.807) is 13.0 Å². The molecule has 2 saturated heterocycles. The van der Waals surface area contributed by atoms with Crippen LogP contribution in [0, 0.1) is 22.6 Å². The van der Waals surface area contributed by atoms with Crippen molar-refractivity contribution in [2.24, 2.45) is 11.3 Å². The molecule has 2 aliphatic rings. The van der Waals surface area contributed by atoms with Crippen LogP contribution in [0.15, 0.2) is 18.2 Å². The van der Waals surface area contributed by atoms with Crippen molar-refractivity contribution in [2.75, 3.05) is 32.0 Å². The number of piperidine rings is 1. The number of hydrogen-bond donors (Lipinski definition) is 2. The highest BCUT2D eigenvalue weighted by molar-refractivity contribution is 8.14. The summed E-state index contributed by atoms with van der Waals surface area (Å²) in [6.07, 6.45) is 3.18. The average molecular weight is 549 g/mol. The van der Waals surface area contributed by atoms with Crippen LogP contribution in [0.4, 0.5) is 4.39 Å². The SMILES string of the molecule is CCCC(NC(=O)c1ccc(CN2CCSC2=N)cc1F)C(C)(C)C(=O)N1CCC(CC(=O)OCC)CC1. The number of esters is 1. The summed E-state index contributed by atoms with van der Waals surface area (Å²) in [5.74, 6) is -0.341. The number of rotatable bonds is 11. The number of thioether (sulfide) groups is 1. The van der Waals surface area contributed by atoms with Crippen molar-refractivity contribution in [3.05, 3.63) is 35.1 Å². The van der Waals surface area contributed by atoms with E-state index in [4.69, 9.17) is 10.1 Å². The summed E-state index contributed by atoms with van der Waals surface area (Å²) in [5, 5.41) is 11.4. The number of carbonyl (C=O) groups excluding carboxylic acids is 3. The number of likely N-dealkylation sites (tertiary alicyclic amines) is 1. The molecule has 1 aromatic carbocycles. The van der Waals surface area contributed by atoms with E-state index in [1.165, 1.54) is 23.9 Å². The molecule has 0 spiro atoms. The molecule has 210 valence electrons. The molecule has 1 atom stereocenters. The molecule has 3 rings (SSSR count). The Kier molecular flexibility index (Phi) is 10.6. The Balaban J connectivity index is 1.63. The number of hydrogen-bond acceptors (Lipinski definition) is 6. The van der Waals surface area contributed by atoms with Gasteiger partial charge in [-0.2, -0.15) is 0 Å². The van der Waals surface area contributed by atoms with Crippen LogP contribution in [0.2, 0.25) is 0 Å². The molecule has 2 N–H and O–H groups in total. The van der Waals surface area contributed by atoms with Gasteiger partial charge >= 0.3 is 5.97 Å². The summed E-state index contributed by atoms with van der Waals surface area (Å²) in [7, 11) is 0. The molecule has 0 radical (unpaired) electrons. The molecule has 2 amide bonds.